The number of pyridine rings is 2. The third-order valence-electron chi connectivity index (χ3n) is 7.26. The Morgan fingerprint density at radius 3 is 2.58 bits per heavy atom. The summed E-state index contributed by atoms with van der Waals surface area (Å²) in [5, 5.41) is 14.8. The summed E-state index contributed by atoms with van der Waals surface area (Å²) in [7, 11) is 0. The number of para-hydroxylation sites is 1. The van der Waals surface area contributed by atoms with Gasteiger partial charge in [-0.25, -0.2) is 8.78 Å². The lowest BCUT2D eigenvalue weighted by Gasteiger charge is -2.32. The number of aliphatic hydroxyl groups is 1. The van der Waals surface area contributed by atoms with Crippen molar-refractivity contribution in [1.29, 1.82) is 0 Å². The highest BCUT2D eigenvalue weighted by molar-refractivity contribution is 6.32. The van der Waals surface area contributed by atoms with Gasteiger partial charge in [-0.05, 0) is 49.8 Å². The van der Waals surface area contributed by atoms with E-state index in [1.165, 1.54) is 18.5 Å². The first kappa shape index (κ1) is 26.5. The van der Waals surface area contributed by atoms with Crippen molar-refractivity contribution in [3.05, 3.63) is 87.4 Å². The van der Waals surface area contributed by atoms with Gasteiger partial charge in [0.1, 0.15) is 5.69 Å². The fraction of sp³-hybridized carbons (Fsp3) is 0.333. The molecule has 1 unspecified atom stereocenters. The number of nitrogens with one attached hydrogen (secondary N) is 1. The third kappa shape index (κ3) is 4.74. The maximum absolute atomic E-state index is 13.7. The molecule has 0 spiro atoms. The molecule has 38 heavy (non-hydrogen) atoms. The Morgan fingerprint density at radius 1 is 1.13 bits per heavy atom. The maximum Gasteiger partial charge on any atom is 0.281 e. The van der Waals surface area contributed by atoms with Crippen LogP contribution >= 0.6 is 23.2 Å². The molecule has 0 bridgehead atoms. The number of fused-ring (bicyclic) bond motifs is 1. The van der Waals surface area contributed by atoms with Gasteiger partial charge in [0.2, 0.25) is 0 Å². The van der Waals surface area contributed by atoms with Gasteiger partial charge < -0.3 is 15.3 Å². The number of hydrogen-bond donors (Lipinski definition) is 2. The SMILES string of the molecule is O=C(N[C@H]1CC[C@H](CN2C(=O)C(O)(c3ccncc3Cl)c3ccccc32)CC1)c1cc(Cl)cnc1C(F)F. The molecule has 198 valence electrons. The summed E-state index contributed by atoms with van der Waals surface area (Å²) < 4.78 is 26.6. The number of rotatable bonds is 6. The van der Waals surface area contributed by atoms with Crippen LogP contribution in [-0.2, 0) is 10.4 Å². The molecule has 0 radical (unpaired) electrons. The molecule has 1 saturated carbocycles. The van der Waals surface area contributed by atoms with Crippen LogP contribution < -0.4 is 10.2 Å². The van der Waals surface area contributed by atoms with E-state index in [0.717, 1.165) is 6.20 Å². The predicted octanol–water partition coefficient (Wildman–Crippen LogP) is 5.29. The number of carbonyl (C=O) groups excluding carboxylic acids is 2. The van der Waals surface area contributed by atoms with Crippen molar-refractivity contribution in [3.63, 3.8) is 0 Å². The van der Waals surface area contributed by atoms with E-state index in [9.17, 15) is 23.5 Å². The normalized spacial score (nSPS) is 23.0. The third-order valence-corrected chi connectivity index (χ3v) is 7.77. The van der Waals surface area contributed by atoms with Crippen LogP contribution in [0.4, 0.5) is 14.5 Å². The second kappa shape index (κ2) is 10.6. The van der Waals surface area contributed by atoms with E-state index in [-0.39, 0.29) is 33.1 Å². The number of hydrogen-bond acceptors (Lipinski definition) is 5. The lowest BCUT2D eigenvalue weighted by molar-refractivity contribution is -0.132. The lowest BCUT2D eigenvalue weighted by atomic mass is 9.85. The van der Waals surface area contributed by atoms with E-state index in [1.54, 1.807) is 29.2 Å². The molecule has 1 atom stereocenters. The van der Waals surface area contributed by atoms with Gasteiger partial charge in [0, 0.05) is 42.3 Å². The zero-order valence-corrected chi connectivity index (χ0v) is 21.6. The molecule has 1 aliphatic carbocycles. The van der Waals surface area contributed by atoms with Gasteiger partial charge in [-0.15, -0.1) is 0 Å². The zero-order valence-electron chi connectivity index (χ0n) is 20.1. The molecule has 1 aromatic carbocycles. The van der Waals surface area contributed by atoms with Crippen molar-refractivity contribution in [1.82, 2.24) is 15.3 Å². The summed E-state index contributed by atoms with van der Waals surface area (Å²) in [6.07, 6.45) is 3.68. The second-order valence-electron chi connectivity index (χ2n) is 9.58. The standard InChI is InChI=1S/C27H24Cl2F2N4O3/c28-16-11-18(23(24(30)31)33-12-16)25(36)34-17-7-5-15(6-8-17)14-35-22-4-2-1-3-20(22)27(38,26(35)37)19-9-10-32-13-21(19)29/h1-4,9-13,15,17,24,38H,5-8,14H2,(H,34,36)/t15-,17-,27?. The quantitative estimate of drug-likeness (QED) is 0.427. The number of nitrogens with zero attached hydrogens (tertiary/aromatic N) is 3. The number of amides is 2. The largest absolute Gasteiger partial charge is 0.372 e. The van der Waals surface area contributed by atoms with Crippen molar-refractivity contribution in [2.75, 3.05) is 11.4 Å². The molecular weight excluding hydrogens is 537 g/mol. The fourth-order valence-corrected chi connectivity index (χ4v) is 5.78. The Morgan fingerprint density at radius 2 is 1.87 bits per heavy atom. The summed E-state index contributed by atoms with van der Waals surface area (Å²) >= 11 is 12.2. The molecule has 1 fully saturated rings. The fourth-order valence-electron chi connectivity index (χ4n) is 5.36. The Balaban J connectivity index is 1.27. The zero-order chi connectivity index (χ0) is 27.0. The number of halogens is 4. The first-order valence-electron chi connectivity index (χ1n) is 12.2. The molecule has 5 rings (SSSR count). The molecule has 2 N–H and O–H groups in total. The highest BCUT2D eigenvalue weighted by Gasteiger charge is 2.52. The van der Waals surface area contributed by atoms with E-state index in [2.05, 4.69) is 15.3 Å². The van der Waals surface area contributed by atoms with Gasteiger partial charge in [0.15, 0.2) is 5.60 Å². The van der Waals surface area contributed by atoms with Crippen LogP contribution in [0.25, 0.3) is 0 Å². The molecule has 1 aliphatic heterocycles. The monoisotopic (exact) mass is 560 g/mol. The smallest absolute Gasteiger partial charge is 0.281 e. The van der Waals surface area contributed by atoms with Crippen LogP contribution in [0.1, 0.15) is 59.3 Å². The molecular formula is C27H24Cl2F2N4O3. The van der Waals surface area contributed by atoms with Gasteiger partial charge in [0.05, 0.1) is 21.3 Å². The molecule has 7 nitrogen and oxygen atoms in total. The summed E-state index contributed by atoms with van der Waals surface area (Å²) in [6.45, 7) is 0.384. The van der Waals surface area contributed by atoms with Crippen molar-refractivity contribution in [2.45, 2.75) is 43.8 Å². The predicted molar refractivity (Wildman–Crippen MR) is 138 cm³/mol. The van der Waals surface area contributed by atoms with Crippen molar-refractivity contribution < 1.29 is 23.5 Å². The maximum atomic E-state index is 13.7. The van der Waals surface area contributed by atoms with Crippen molar-refractivity contribution in [3.8, 4) is 0 Å². The van der Waals surface area contributed by atoms with Gasteiger partial charge >= 0.3 is 0 Å². The van der Waals surface area contributed by atoms with E-state index < -0.39 is 29.5 Å². The van der Waals surface area contributed by atoms with Gasteiger partial charge in [0.25, 0.3) is 18.2 Å². The first-order chi connectivity index (χ1) is 18.2. The summed E-state index contributed by atoms with van der Waals surface area (Å²) in [6, 6.07) is 9.62. The van der Waals surface area contributed by atoms with Crippen LogP contribution in [0.2, 0.25) is 10.0 Å². The highest BCUT2D eigenvalue weighted by Crippen LogP contribution is 2.46. The van der Waals surface area contributed by atoms with Crippen LogP contribution in [0, 0.1) is 5.92 Å². The Bertz CT molecular complexity index is 1380. The van der Waals surface area contributed by atoms with Gasteiger partial charge in [-0.2, -0.15) is 0 Å². The minimum Gasteiger partial charge on any atom is -0.372 e. The summed E-state index contributed by atoms with van der Waals surface area (Å²) in [5.74, 6) is -1.00. The summed E-state index contributed by atoms with van der Waals surface area (Å²) in [4.78, 5) is 35.6. The number of carbonyl (C=O) groups is 2. The molecule has 3 heterocycles. The number of benzene rings is 1. The van der Waals surface area contributed by atoms with E-state index in [0.29, 0.717) is 43.5 Å². The summed E-state index contributed by atoms with van der Waals surface area (Å²) in [5.41, 5.74) is -1.40. The average molecular weight is 561 g/mol. The van der Waals surface area contributed by atoms with E-state index >= 15 is 0 Å². The van der Waals surface area contributed by atoms with E-state index in [4.69, 9.17) is 23.2 Å². The highest BCUT2D eigenvalue weighted by atomic mass is 35.5. The molecule has 11 heteroatoms. The van der Waals surface area contributed by atoms with Crippen molar-refractivity contribution >= 4 is 40.7 Å². The minimum absolute atomic E-state index is 0.104. The van der Waals surface area contributed by atoms with Gasteiger partial charge in [-0.1, -0.05) is 41.4 Å². The number of aromatic nitrogens is 2. The van der Waals surface area contributed by atoms with Crippen LogP contribution in [0.3, 0.4) is 0 Å². The first-order valence-corrected chi connectivity index (χ1v) is 12.9. The molecule has 3 aromatic rings. The van der Waals surface area contributed by atoms with Crippen molar-refractivity contribution in [2.24, 2.45) is 5.92 Å². The second-order valence-corrected chi connectivity index (χ2v) is 10.4. The van der Waals surface area contributed by atoms with Crippen LogP contribution in [0.5, 0.6) is 0 Å². The molecule has 2 amide bonds. The Hall–Kier alpha value is -3.14. The van der Waals surface area contributed by atoms with Crippen LogP contribution in [0.15, 0.2) is 55.0 Å². The lowest BCUT2D eigenvalue weighted by Crippen LogP contribution is -2.44. The van der Waals surface area contributed by atoms with Gasteiger partial charge in [-0.3, -0.25) is 19.6 Å². The minimum atomic E-state index is -2.90. The van der Waals surface area contributed by atoms with E-state index in [1.807, 2.05) is 6.07 Å². The molecule has 2 aliphatic rings. The van der Waals surface area contributed by atoms with Crippen LogP contribution in [-0.4, -0.2) is 39.5 Å². The Kier molecular flexibility index (Phi) is 7.35. The molecule has 0 saturated heterocycles. The number of alkyl halides is 2. The molecule has 2 aromatic heterocycles. The number of anilines is 1. The topological polar surface area (TPSA) is 95.4 Å². The average Bonchev–Trinajstić information content (AvgIpc) is 3.12. The Labute approximate surface area is 227 Å².